The van der Waals surface area contributed by atoms with E-state index in [2.05, 4.69) is 4.90 Å². The monoisotopic (exact) mass is 237 g/mol. The minimum atomic E-state index is -0.183. The first-order valence-corrected chi connectivity index (χ1v) is 5.91. The van der Waals surface area contributed by atoms with Crippen LogP contribution >= 0.6 is 11.6 Å². The van der Waals surface area contributed by atoms with E-state index >= 15 is 0 Å². The smallest absolute Gasteiger partial charge is 0.157 e. The molecule has 1 aliphatic heterocycles. The van der Waals surface area contributed by atoms with Crippen LogP contribution in [0.15, 0.2) is 24.3 Å². The Morgan fingerprint density at radius 1 is 1.31 bits per heavy atom. The van der Waals surface area contributed by atoms with Gasteiger partial charge in [0.1, 0.15) is 0 Å². The number of hydrogen-bond donors (Lipinski definition) is 0. The number of carbonyl (C=O) groups is 1. The molecule has 0 radical (unpaired) electrons. The minimum absolute atomic E-state index is 0.183. The Morgan fingerprint density at radius 3 is 2.62 bits per heavy atom. The van der Waals surface area contributed by atoms with Gasteiger partial charge in [-0.15, -0.1) is 0 Å². The number of ketones is 1. The van der Waals surface area contributed by atoms with Crippen LogP contribution in [0, 0.1) is 5.41 Å². The number of benzene rings is 1. The van der Waals surface area contributed by atoms with Gasteiger partial charge >= 0.3 is 0 Å². The highest BCUT2D eigenvalue weighted by Crippen LogP contribution is 2.32. The molecular weight excluding hydrogens is 222 g/mol. The first-order valence-electron chi connectivity index (χ1n) is 5.53. The topological polar surface area (TPSA) is 20.3 Å². The molecule has 0 unspecified atom stereocenters. The summed E-state index contributed by atoms with van der Waals surface area (Å²) in [5.74, 6) is 0.290. The maximum atomic E-state index is 11.9. The number of Topliss-reactive ketones (excluding diaryl/α,β-unsaturated/α-hetero) is 1. The normalized spacial score (nSPS) is 19.9. The number of halogens is 1. The SMILES string of the molecule is CC1(C)CCN(c2ccccc2Cl)CC1=O. The first-order chi connectivity index (χ1) is 7.50. The van der Waals surface area contributed by atoms with Crippen LogP contribution in [0.2, 0.25) is 5.02 Å². The second-order valence-corrected chi connectivity index (χ2v) is 5.34. The van der Waals surface area contributed by atoms with Crippen molar-refractivity contribution in [1.82, 2.24) is 0 Å². The van der Waals surface area contributed by atoms with E-state index in [1.54, 1.807) is 0 Å². The molecule has 0 N–H and O–H groups in total. The van der Waals surface area contributed by atoms with Crippen LogP contribution in [0.4, 0.5) is 5.69 Å². The molecule has 86 valence electrons. The van der Waals surface area contributed by atoms with Crippen LogP contribution in [0.25, 0.3) is 0 Å². The van der Waals surface area contributed by atoms with Crippen molar-refractivity contribution in [3.05, 3.63) is 29.3 Å². The molecule has 3 heteroatoms. The molecule has 0 spiro atoms. The quantitative estimate of drug-likeness (QED) is 0.748. The van der Waals surface area contributed by atoms with Crippen LogP contribution in [0.3, 0.4) is 0 Å². The molecule has 1 heterocycles. The predicted molar refractivity (Wildman–Crippen MR) is 67.1 cm³/mol. The number of hydrogen-bond acceptors (Lipinski definition) is 2. The zero-order valence-corrected chi connectivity index (χ0v) is 10.4. The number of rotatable bonds is 1. The van der Waals surface area contributed by atoms with E-state index in [-0.39, 0.29) is 5.41 Å². The summed E-state index contributed by atoms with van der Waals surface area (Å²) < 4.78 is 0. The molecule has 0 atom stereocenters. The van der Waals surface area contributed by atoms with Gasteiger partial charge in [0, 0.05) is 12.0 Å². The second-order valence-electron chi connectivity index (χ2n) is 4.93. The molecule has 0 aliphatic carbocycles. The van der Waals surface area contributed by atoms with Gasteiger partial charge < -0.3 is 4.90 Å². The van der Waals surface area contributed by atoms with E-state index in [4.69, 9.17) is 11.6 Å². The molecule has 0 amide bonds. The van der Waals surface area contributed by atoms with E-state index in [0.717, 1.165) is 23.7 Å². The maximum Gasteiger partial charge on any atom is 0.157 e. The van der Waals surface area contributed by atoms with Crippen molar-refractivity contribution in [3.8, 4) is 0 Å². The first kappa shape index (κ1) is 11.5. The number of carbonyl (C=O) groups excluding carboxylic acids is 1. The van der Waals surface area contributed by atoms with Crippen molar-refractivity contribution in [2.75, 3.05) is 18.0 Å². The summed E-state index contributed by atoms with van der Waals surface area (Å²) in [4.78, 5) is 14.0. The molecule has 1 aromatic carbocycles. The van der Waals surface area contributed by atoms with Crippen molar-refractivity contribution in [2.45, 2.75) is 20.3 Å². The van der Waals surface area contributed by atoms with Crippen molar-refractivity contribution in [2.24, 2.45) is 5.41 Å². The fraction of sp³-hybridized carbons (Fsp3) is 0.462. The minimum Gasteiger partial charge on any atom is -0.363 e. The summed E-state index contributed by atoms with van der Waals surface area (Å²) in [7, 11) is 0. The van der Waals surface area contributed by atoms with Crippen molar-refractivity contribution in [1.29, 1.82) is 0 Å². The highest BCUT2D eigenvalue weighted by Gasteiger charge is 2.34. The Bertz CT molecular complexity index is 414. The van der Waals surface area contributed by atoms with Crippen LogP contribution in [-0.4, -0.2) is 18.9 Å². The summed E-state index contributed by atoms with van der Waals surface area (Å²) in [6.07, 6.45) is 0.886. The van der Waals surface area contributed by atoms with Gasteiger partial charge in [-0.2, -0.15) is 0 Å². The Kier molecular flexibility index (Phi) is 2.94. The lowest BCUT2D eigenvalue weighted by molar-refractivity contribution is -0.127. The van der Waals surface area contributed by atoms with Crippen molar-refractivity contribution in [3.63, 3.8) is 0 Å². The predicted octanol–water partition coefficient (Wildman–Crippen LogP) is 3.15. The lowest BCUT2D eigenvalue weighted by Crippen LogP contribution is -2.45. The third-order valence-electron chi connectivity index (χ3n) is 3.29. The van der Waals surface area contributed by atoms with Gasteiger partial charge in [-0.3, -0.25) is 4.79 Å². The summed E-state index contributed by atoms with van der Waals surface area (Å²) in [5, 5.41) is 0.718. The fourth-order valence-electron chi connectivity index (χ4n) is 1.93. The zero-order valence-electron chi connectivity index (χ0n) is 9.66. The molecule has 0 aromatic heterocycles. The number of para-hydroxylation sites is 1. The molecular formula is C13H16ClNO. The Balaban J connectivity index is 2.20. The third kappa shape index (κ3) is 2.07. The van der Waals surface area contributed by atoms with Gasteiger partial charge in [-0.1, -0.05) is 37.6 Å². The lowest BCUT2D eigenvalue weighted by Gasteiger charge is -2.37. The van der Waals surface area contributed by atoms with Crippen molar-refractivity contribution < 1.29 is 4.79 Å². The van der Waals surface area contributed by atoms with Gasteiger partial charge in [0.15, 0.2) is 5.78 Å². The average Bonchev–Trinajstić information content (AvgIpc) is 2.23. The summed E-state index contributed by atoms with van der Waals surface area (Å²) in [6, 6.07) is 7.68. The second kappa shape index (κ2) is 4.10. The molecule has 2 rings (SSSR count). The number of piperidine rings is 1. The van der Waals surface area contributed by atoms with E-state index < -0.39 is 0 Å². The van der Waals surface area contributed by atoms with Crippen LogP contribution < -0.4 is 4.90 Å². The molecule has 1 aliphatic rings. The highest BCUT2D eigenvalue weighted by atomic mass is 35.5. The van der Waals surface area contributed by atoms with Gasteiger partial charge in [-0.05, 0) is 18.6 Å². The van der Waals surface area contributed by atoms with Gasteiger partial charge in [-0.25, -0.2) is 0 Å². The summed E-state index contributed by atoms with van der Waals surface area (Å²) in [6.45, 7) is 5.39. The van der Waals surface area contributed by atoms with Gasteiger partial charge in [0.25, 0.3) is 0 Å². The molecule has 2 nitrogen and oxygen atoms in total. The molecule has 1 aromatic rings. The van der Waals surface area contributed by atoms with E-state index in [9.17, 15) is 4.79 Å². The van der Waals surface area contributed by atoms with Gasteiger partial charge in [0.2, 0.25) is 0 Å². The van der Waals surface area contributed by atoms with Gasteiger partial charge in [0.05, 0.1) is 17.3 Å². The molecule has 1 fully saturated rings. The van der Waals surface area contributed by atoms with Crippen LogP contribution in [0.5, 0.6) is 0 Å². The molecule has 0 bridgehead atoms. The fourth-order valence-corrected chi connectivity index (χ4v) is 2.19. The Labute approximate surface area is 101 Å². The third-order valence-corrected chi connectivity index (χ3v) is 3.61. The molecule has 1 saturated heterocycles. The summed E-state index contributed by atoms with van der Waals surface area (Å²) >= 11 is 6.12. The largest absolute Gasteiger partial charge is 0.363 e. The molecule has 16 heavy (non-hydrogen) atoms. The zero-order chi connectivity index (χ0) is 11.8. The lowest BCUT2D eigenvalue weighted by atomic mass is 9.81. The number of anilines is 1. The standard InChI is InChI=1S/C13H16ClNO/c1-13(2)7-8-15(9-12(13)16)11-6-4-3-5-10(11)14/h3-6H,7-9H2,1-2H3. The highest BCUT2D eigenvalue weighted by molar-refractivity contribution is 6.33. The Morgan fingerprint density at radius 2 is 2.00 bits per heavy atom. The van der Waals surface area contributed by atoms with Crippen LogP contribution in [-0.2, 0) is 4.79 Å². The van der Waals surface area contributed by atoms with E-state index in [1.807, 2.05) is 38.1 Å². The van der Waals surface area contributed by atoms with Crippen molar-refractivity contribution >= 4 is 23.1 Å². The molecule has 0 saturated carbocycles. The Hall–Kier alpha value is -1.02. The van der Waals surface area contributed by atoms with E-state index in [1.165, 1.54) is 0 Å². The van der Waals surface area contributed by atoms with E-state index in [0.29, 0.717) is 12.3 Å². The van der Waals surface area contributed by atoms with Crippen LogP contribution in [0.1, 0.15) is 20.3 Å². The average molecular weight is 238 g/mol. The maximum absolute atomic E-state index is 11.9. The summed E-state index contributed by atoms with van der Waals surface area (Å²) in [5.41, 5.74) is 0.783. The number of nitrogens with zero attached hydrogens (tertiary/aromatic N) is 1.